The molecule has 0 fully saturated rings. The molecular weight excluding hydrogens is 234 g/mol. The van der Waals surface area contributed by atoms with E-state index in [1.165, 1.54) is 0 Å². The smallest absolute Gasteiger partial charge is 0.234 e. The van der Waals surface area contributed by atoms with E-state index in [1.807, 2.05) is 26.2 Å². The molecule has 0 radical (unpaired) electrons. The quantitative estimate of drug-likeness (QED) is 0.596. The van der Waals surface area contributed by atoms with E-state index in [-0.39, 0.29) is 5.91 Å². The summed E-state index contributed by atoms with van der Waals surface area (Å²) < 4.78 is 0. The second-order valence-corrected chi connectivity index (χ2v) is 5.10. The molecule has 3 N–H and O–H groups in total. The highest BCUT2D eigenvalue weighted by Crippen LogP contribution is 2.16. The number of carbonyl (C=O) groups is 1. The van der Waals surface area contributed by atoms with Crippen molar-refractivity contribution in [3.63, 3.8) is 0 Å². The topological polar surface area (TPSA) is 58.4 Å². The Labute approximate surface area is 107 Å². The second kappa shape index (κ2) is 7.19. The molecule has 4 nitrogen and oxygen atoms in total. The molecule has 1 rings (SSSR count). The molecule has 0 heterocycles. The summed E-state index contributed by atoms with van der Waals surface area (Å²) in [5.41, 5.74) is 7.02. The van der Waals surface area contributed by atoms with Gasteiger partial charge in [0.25, 0.3) is 0 Å². The van der Waals surface area contributed by atoms with E-state index >= 15 is 0 Å². The largest absolute Gasteiger partial charge is 0.397 e. The molecule has 1 aromatic rings. The van der Waals surface area contributed by atoms with Gasteiger partial charge in [-0.2, -0.15) is 11.8 Å². The fourth-order valence-corrected chi connectivity index (χ4v) is 2.11. The first-order valence-electron chi connectivity index (χ1n) is 5.46. The molecule has 0 unspecified atom stereocenters. The summed E-state index contributed by atoms with van der Waals surface area (Å²) in [5.74, 6) is 1.40. The number of nitrogens with zero attached hydrogens (tertiary/aromatic N) is 1. The number of hydrogen-bond donors (Lipinski definition) is 2. The van der Waals surface area contributed by atoms with Gasteiger partial charge in [0.05, 0.1) is 17.1 Å². The van der Waals surface area contributed by atoms with Crippen molar-refractivity contribution < 1.29 is 4.79 Å². The lowest BCUT2D eigenvalue weighted by Gasteiger charge is -2.09. The number of thioether (sulfide) groups is 1. The lowest BCUT2D eigenvalue weighted by molar-refractivity contribution is -0.113. The van der Waals surface area contributed by atoms with Crippen molar-refractivity contribution in [3.05, 3.63) is 24.3 Å². The van der Waals surface area contributed by atoms with Crippen LogP contribution in [0.1, 0.15) is 0 Å². The normalized spacial score (nSPS) is 10.5. The van der Waals surface area contributed by atoms with Crippen LogP contribution in [0.15, 0.2) is 24.3 Å². The molecule has 0 aliphatic heterocycles. The van der Waals surface area contributed by atoms with Crippen LogP contribution in [0.25, 0.3) is 0 Å². The Kier molecular flexibility index (Phi) is 5.86. The molecule has 0 bridgehead atoms. The van der Waals surface area contributed by atoms with Crippen LogP contribution < -0.4 is 11.1 Å². The van der Waals surface area contributed by atoms with Crippen molar-refractivity contribution in [2.75, 3.05) is 43.2 Å². The van der Waals surface area contributed by atoms with Gasteiger partial charge in [-0.15, -0.1) is 0 Å². The Balaban J connectivity index is 2.28. The molecular formula is C12H19N3OS. The van der Waals surface area contributed by atoms with Crippen molar-refractivity contribution in [1.82, 2.24) is 4.90 Å². The summed E-state index contributed by atoms with van der Waals surface area (Å²) in [6.07, 6.45) is 0. The van der Waals surface area contributed by atoms with Crippen LogP contribution in [0.4, 0.5) is 11.4 Å². The highest BCUT2D eigenvalue weighted by Gasteiger charge is 2.04. The van der Waals surface area contributed by atoms with E-state index in [4.69, 9.17) is 5.73 Å². The van der Waals surface area contributed by atoms with Crippen LogP contribution in [-0.2, 0) is 4.79 Å². The summed E-state index contributed by atoms with van der Waals surface area (Å²) in [7, 11) is 4.04. The minimum Gasteiger partial charge on any atom is -0.397 e. The van der Waals surface area contributed by atoms with Crippen molar-refractivity contribution in [2.24, 2.45) is 0 Å². The van der Waals surface area contributed by atoms with Crippen molar-refractivity contribution in [2.45, 2.75) is 0 Å². The number of para-hydroxylation sites is 2. The zero-order valence-electron chi connectivity index (χ0n) is 10.3. The predicted octanol–water partition coefficient (Wildman–Crippen LogP) is 1.50. The Bertz CT molecular complexity index is 369. The Morgan fingerprint density at radius 3 is 2.76 bits per heavy atom. The second-order valence-electron chi connectivity index (χ2n) is 3.99. The summed E-state index contributed by atoms with van der Waals surface area (Å²) in [6.45, 7) is 0.978. The summed E-state index contributed by atoms with van der Waals surface area (Å²) in [5, 5.41) is 2.80. The van der Waals surface area contributed by atoms with Crippen molar-refractivity contribution in [3.8, 4) is 0 Å². The third-order valence-corrected chi connectivity index (χ3v) is 3.09. The van der Waals surface area contributed by atoms with Gasteiger partial charge >= 0.3 is 0 Å². The molecule has 94 valence electrons. The summed E-state index contributed by atoms with van der Waals surface area (Å²) in [4.78, 5) is 13.7. The van der Waals surface area contributed by atoms with Gasteiger partial charge in [-0.25, -0.2) is 0 Å². The fourth-order valence-electron chi connectivity index (χ4n) is 1.21. The van der Waals surface area contributed by atoms with E-state index in [0.717, 1.165) is 12.3 Å². The number of carbonyl (C=O) groups excluding carboxylic acids is 1. The average Bonchev–Trinajstić information content (AvgIpc) is 2.27. The van der Waals surface area contributed by atoms with Crippen LogP contribution in [0.2, 0.25) is 0 Å². The van der Waals surface area contributed by atoms with Crippen molar-refractivity contribution in [1.29, 1.82) is 0 Å². The monoisotopic (exact) mass is 253 g/mol. The van der Waals surface area contributed by atoms with E-state index in [9.17, 15) is 4.79 Å². The number of rotatable bonds is 6. The van der Waals surface area contributed by atoms with Gasteiger partial charge < -0.3 is 16.0 Å². The number of nitrogens with two attached hydrogens (primary N) is 1. The van der Waals surface area contributed by atoms with Gasteiger partial charge in [-0.1, -0.05) is 12.1 Å². The highest BCUT2D eigenvalue weighted by atomic mass is 32.2. The third-order valence-electron chi connectivity index (χ3n) is 2.15. The fraction of sp³-hybridized carbons (Fsp3) is 0.417. The molecule has 1 amide bonds. The summed E-state index contributed by atoms with van der Waals surface area (Å²) >= 11 is 1.62. The van der Waals surface area contributed by atoms with Gasteiger partial charge in [0.15, 0.2) is 0 Å². The molecule has 0 atom stereocenters. The first-order valence-corrected chi connectivity index (χ1v) is 6.62. The van der Waals surface area contributed by atoms with Crippen LogP contribution in [0.5, 0.6) is 0 Å². The minimum atomic E-state index is -0.00773. The maximum Gasteiger partial charge on any atom is 0.234 e. The van der Waals surface area contributed by atoms with E-state index < -0.39 is 0 Å². The van der Waals surface area contributed by atoms with Crippen LogP contribution in [0.3, 0.4) is 0 Å². The standard InChI is InChI=1S/C12H19N3OS/c1-15(2)7-8-17-9-12(16)14-11-6-4-3-5-10(11)13/h3-6H,7-9,13H2,1-2H3,(H,14,16). The Morgan fingerprint density at radius 1 is 1.41 bits per heavy atom. The Hall–Kier alpha value is -1.20. The average molecular weight is 253 g/mol. The lowest BCUT2D eigenvalue weighted by atomic mass is 10.3. The number of hydrogen-bond acceptors (Lipinski definition) is 4. The van der Waals surface area contributed by atoms with Gasteiger partial charge in [-0.05, 0) is 26.2 Å². The molecule has 0 spiro atoms. The van der Waals surface area contributed by atoms with E-state index in [0.29, 0.717) is 17.1 Å². The summed E-state index contributed by atoms with van der Waals surface area (Å²) in [6, 6.07) is 7.27. The van der Waals surface area contributed by atoms with Crippen molar-refractivity contribution >= 4 is 29.0 Å². The molecule has 0 saturated carbocycles. The zero-order chi connectivity index (χ0) is 12.7. The van der Waals surface area contributed by atoms with E-state index in [1.54, 1.807) is 23.9 Å². The van der Waals surface area contributed by atoms with Gasteiger partial charge in [0, 0.05) is 12.3 Å². The molecule has 0 aliphatic rings. The maximum absolute atomic E-state index is 11.6. The number of benzene rings is 1. The molecule has 0 aromatic heterocycles. The van der Waals surface area contributed by atoms with Crippen LogP contribution in [0, 0.1) is 0 Å². The first-order chi connectivity index (χ1) is 8.09. The third kappa shape index (κ3) is 5.60. The minimum absolute atomic E-state index is 0.00773. The van der Waals surface area contributed by atoms with Crippen LogP contribution >= 0.6 is 11.8 Å². The molecule has 0 saturated heterocycles. The number of nitrogen functional groups attached to an aromatic ring is 1. The SMILES string of the molecule is CN(C)CCSCC(=O)Nc1ccccc1N. The van der Waals surface area contributed by atoms with Gasteiger partial charge in [0.2, 0.25) is 5.91 Å². The lowest BCUT2D eigenvalue weighted by Crippen LogP contribution is -2.18. The number of anilines is 2. The Morgan fingerprint density at radius 2 is 2.12 bits per heavy atom. The highest BCUT2D eigenvalue weighted by molar-refractivity contribution is 7.99. The number of amides is 1. The number of nitrogens with one attached hydrogen (secondary N) is 1. The molecule has 17 heavy (non-hydrogen) atoms. The van der Waals surface area contributed by atoms with Gasteiger partial charge in [0.1, 0.15) is 0 Å². The van der Waals surface area contributed by atoms with Gasteiger partial charge in [-0.3, -0.25) is 4.79 Å². The van der Waals surface area contributed by atoms with E-state index in [2.05, 4.69) is 10.2 Å². The molecule has 0 aliphatic carbocycles. The van der Waals surface area contributed by atoms with Crippen LogP contribution in [-0.4, -0.2) is 43.0 Å². The molecule has 5 heteroatoms. The predicted molar refractivity (Wildman–Crippen MR) is 75.4 cm³/mol. The maximum atomic E-state index is 11.6. The first kappa shape index (κ1) is 13.9. The molecule has 1 aromatic carbocycles. The zero-order valence-corrected chi connectivity index (χ0v) is 11.1.